The molecule has 0 radical (unpaired) electrons. The molecular formula is C14H23N3O. The van der Waals surface area contributed by atoms with Crippen molar-refractivity contribution >= 4 is 5.82 Å². The summed E-state index contributed by atoms with van der Waals surface area (Å²) >= 11 is 0. The Morgan fingerprint density at radius 3 is 3.06 bits per heavy atom. The van der Waals surface area contributed by atoms with Crippen molar-refractivity contribution in [3.63, 3.8) is 0 Å². The summed E-state index contributed by atoms with van der Waals surface area (Å²) in [5.74, 6) is 1.51. The smallest absolute Gasteiger partial charge is 0.126 e. The Labute approximate surface area is 109 Å². The fourth-order valence-electron chi connectivity index (χ4n) is 2.63. The van der Waals surface area contributed by atoms with E-state index in [4.69, 9.17) is 0 Å². The van der Waals surface area contributed by atoms with E-state index >= 15 is 0 Å². The lowest BCUT2D eigenvalue weighted by molar-refractivity contribution is 0.133. The quantitative estimate of drug-likeness (QED) is 0.834. The molecule has 0 aromatic carbocycles. The first-order valence-electron chi connectivity index (χ1n) is 6.79. The van der Waals surface area contributed by atoms with Gasteiger partial charge in [0.25, 0.3) is 0 Å². The van der Waals surface area contributed by atoms with Gasteiger partial charge in [-0.15, -0.1) is 0 Å². The molecule has 0 amide bonds. The second kappa shape index (κ2) is 6.16. The van der Waals surface area contributed by atoms with Gasteiger partial charge in [-0.3, -0.25) is 4.90 Å². The van der Waals surface area contributed by atoms with Crippen molar-refractivity contribution < 1.29 is 5.11 Å². The van der Waals surface area contributed by atoms with E-state index in [1.165, 1.54) is 0 Å². The SMILES string of the molecule is CCNc1cccc(CN2CCC(C)C2CO)n1. The highest BCUT2D eigenvalue weighted by atomic mass is 16.3. The molecule has 0 bridgehead atoms. The zero-order valence-corrected chi connectivity index (χ0v) is 11.3. The number of aliphatic hydroxyl groups excluding tert-OH is 1. The Balaban J connectivity index is 2.02. The summed E-state index contributed by atoms with van der Waals surface area (Å²) in [7, 11) is 0. The van der Waals surface area contributed by atoms with Gasteiger partial charge in [0, 0.05) is 19.1 Å². The van der Waals surface area contributed by atoms with Crippen LogP contribution < -0.4 is 5.32 Å². The number of hydrogen-bond acceptors (Lipinski definition) is 4. The van der Waals surface area contributed by atoms with Gasteiger partial charge in [-0.1, -0.05) is 13.0 Å². The van der Waals surface area contributed by atoms with Crippen molar-refractivity contribution in [3.8, 4) is 0 Å². The van der Waals surface area contributed by atoms with Crippen LogP contribution in [0.25, 0.3) is 0 Å². The normalized spacial score (nSPS) is 24.4. The van der Waals surface area contributed by atoms with E-state index in [0.29, 0.717) is 5.92 Å². The zero-order chi connectivity index (χ0) is 13.0. The van der Waals surface area contributed by atoms with Crippen molar-refractivity contribution in [3.05, 3.63) is 23.9 Å². The van der Waals surface area contributed by atoms with Crippen molar-refractivity contribution in [2.45, 2.75) is 32.9 Å². The van der Waals surface area contributed by atoms with E-state index in [1.807, 2.05) is 12.1 Å². The van der Waals surface area contributed by atoms with E-state index in [1.54, 1.807) is 0 Å². The summed E-state index contributed by atoms with van der Waals surface area (Å²) in [4.78, 5) is 6.92. The van der Waals surface area contributed by atoms with Crippen LogP contribution in [0.5, 0.6) is 0 Å². The second-order valence-electron chi connectivity index (χ2n) is 5.03. The van der Waals surface area contributed by atoms with Gasteiger partial charge in [0.05, 0.1) is 12.3 Å². The second-order valence-corrected chi connectivity index (χ2v) is 5.03. The number of hydrogen-bond donors (Lipinski definition) is 2. The molecule has 1 aliphatic rings. The van der Waals surface area contributed by atoms with Crippen LogP contribution in [0.2, 0.25) is 0 Å². The Morgan fingerprint density at radius 1 is 1.50 bits per heavy atom. The third kappa shape index (κ3) is 3.00. The zero-order valence-electron chi connectivity index (χ0n) is 11.3. The van der Waals surface area contributed by atoms with E-state index in [2.05, 4.69) is 35.1 Å². The third-order valence-electron chi connectivity index (χ3n) is 3.71. The van der Waals surface area contributed by atoms with Crippen molar-refractivity contribution in [2.75, 3.05) is 25.0 Å². The molecule has 4 nitrogen and oxygen atoms in total. The Morgan fingerprint density at radius 2 is 2.33 bits per heavy atom. The molecule has 0 spiro atoms. The Bertz CT molecular complexity index is 383. The van der Waals surface area contributed by atoms with Crippen LogP contribution in [-0.2, 0) is 6.54 Å². The molecule has 2 heterocycles. The van der Waals surface area contributed by atoms with Crippen molar-refractivity contribution in [1.29, 1.82) is 0 Å². The summed E-state index contributed by atoms with van der Waals surface area (Å²) < 4.78 is 0. The molecule has 2 rings (SSSR count). The van der Waals surface area contributed by atoms with Crippen LogP contribution in [0.4, 0.5) is 5.82 Å². The van der Waals surface area contributed by atoms with E-state index in [9.17, 15) is 5.11 Å². The lowest BCUT2D eigenvalue weighted by Gasteiger charge is -2.24. The fourth-order valence-corrected chi connectivity index (χ4v) is 2.63. The van der Waals surface area contributed by atoms with E-state index in [-0.39, 0.29) is 12.6 Å². The van der Waals surface area contributed by atoms with Gasteiger partial charge in [-0.2, -0.15) is 0 Å². The fraction of sp³-hybridized carbons (Fsp3) is 0.643. The van der Waals surface area contributed by atoms with Gasteiger partial charge in [-0.05, 0) is 37.9 Å². The van der Waals surface area contributed by atoms with Gasteiger partial charge >= 0.3 is 0 Å². The number of aromatic nitrogens is 1. The maximum absolute atomic E-state index is 9.45. The van der Waals surface area contributed by atoms with Crippen LogP contribution in [0.1, 0.15) is 26.0 Å². The molecule has 1 aromatic rings. The molecule has 0 saturated carbocycles. The first-order chi connectivity index (χ1) is 8.74. The highest BCUT2D eigenvalue weighted by Gasteiger charge is 2.30. The number of nitrogens with one attached hydrogen (secondary N) is 1. The molecule has 2 N–H and O–H groups in total. The van der Waals surface area contributed by atoms with Gasteiger partial charge < -0.3 is 10.4 Å². The van der Waals surface area contributed by atoms with E-state index in [0.717, 1.165) is 37.6 Å². The van der Waals surface area contributed by atoms with Crippen LogP contribution in [0.3, 0.4) is 0 Å². The number of anilines is 1. The van der Waals surface area contributed by atoms with Crippen LogP contribution in [0, 0.1) is 5.92 Å². The topological polar surface area (TPSA) is 48.4 Å². The van der Waals surface area contributed by atoms with Gasteiger partial charge in [0.2, 0.25) is 0 Å². The number of pyridine rings is 1. The van der Waals surface area contributed by atoms with Crippen LogP contribution in [0.15, 0.2) is 18.2 Å². The maximum atomic E-state index is 9.45. The summed E-state index contributed by atoms with van der Waals surface area (Å²) in [5, 5.41) is 12.7. The van der Waals surface area contributed by atoms with Crippen LogP contribution >= 0.6 is 0 Å². The molecule has 0 aliphatic carbocycles. The number of nitrogens with zero attached hydrogens (tertiary/aromatic N) is 2. The lowest BCUT2D eigenvalue weighted by atomic mass is 10.0. The third-order valence-corrected chi connectivity index (χ3v) is 3.71. The average Bonchev–Trinajstić information content (AvgIpc) is 2.71. The van der Waals surface area contributed by atoms with Gasteiger partial charge in [0.15, 0.2) is 0 Å². The summed E-state index contributed by atoms with van der Waals surface area (Å²) in [6.45, 7) is 7.29. The largest absolute Gasteiger partial charge is 0.395 e. The Kier molecular flexibility index (Phi) is 4.55. The molecule has 100 valence electrons. The number of likely N-dealkylation sites (tertiary alicyclic amines) is 1. The maximum Gasteiger partial charge on any atom is 0.126 e. The minimum Gasteiger partial charge on any atom is -0.395 e. The summed E-state index contributed by atoms with van der Waals surface area (Å²) in [6, 6.07) is 6.37. The molecule has 2 unspecified atom stereocenters. The minimum atomic E-state index is 0.244. The average molecular weight is 249 g/mol. The molecule has 4 heteroatoms. The van der Waals surface area contributed by atoms with Gasteiger partial charge in [-0.25, -0.2) is 4.98 Å². The van der Waals surface area contributed by atoms with Crippen molar-refractivity contribution in [1.82, 2.24) is 9.88 Å². The molecule has 1 aromatic heterocycles. The van der Waals surface area contributed by atoms with Crippen molar-refractivity contribution in [2.24, 2.45) is 5.92 Å². The monoisotopic (exact) mass is 249 g/mol. The predicted molar refractivity (Wildman–Crippen MR) is 73.5 cm³/mol. The van der Waals surface area contributed by atoms with E-state index < -0.39 is 0 Å². The molecular weight excluding hydrogens is 226 g/mol. The lowest BCUT2D eigenvalue weighted by Crippen LogP contribution is -2.34. The summed E-state index contributed by atoms with van der Waals surface area (Å²) in [6.07, 6.45) is 1.16. The molecule has 1 fully saturated rings. The molecule has 2 atom stereocenters. The summed E-state index contributed by atoms with van der Waals surface area (Å²) in [5.41, 5.74) is 1.07. The predicted octanol–water partition coefficient (Wildman–Crippen LogP) is 1.72. The highest BCUT2D eigenvalue weighted by Crippen LogP contribution is 2.25. The number of rotatable bonds is 5. The Hall–Kier alpha value is -1.13. The first kappa shape index (κ1) is 13.3. The molecule has 1 aliphatic heterocycles. The first-order valence-corrected chi connectivity index (χ1v) is 6.79. The standard InChI is InChI=1S/C14H23N3O/c1-3-15-14-6-4-5-12(16-14)9-17-8-7-11(2)13(17)10-18/h4-6,11,13,18H,3,7-10H2,1-2H3,(H,15,16). The molecule has 1 saturated heterocycles. The number of aliphatic hydroxyl groups is 1. The van der Waals surface area contributed by atoms with Gasteiger partial charge in [0.1, 0.15) is 5.82 Å². The minimum absolute atomic E-state index is 0.244. The molecule has 18 heavy (non-hydrogen) atoms. The van der Waals surface area contributed by atoms with Crippen LogP contribution in [-0.4, -0.2) is 40.7 Å². The highest BCUT2D eigenvalue weighted by molar-refractivity contribution is 5.35.